The highest BCUT2D eigenvalue weighted by Crippen LogP contribution is 2.29. The number of piperidine rings is 1. The Hall–Kier alpha value is -1.08. The molecule has 17 heavy (non-hydrogen) atoms. The number of fused-ring (bicyclic) bond motifs is 1. The van der Waals surface area contributed by atoms with Crippen LogP contribution in [0.1, 0.15) is 33.1 Å². The van der Waals surface area contributed by atoms with E-state index in [-0.39, 0.29) is 17.2 Å². The summed E-state index contributed by atoms with van der Waals surface area (Å²) in [5.41, 5.74) is -0.261. The Balaban J connectivity index is 1.93. The fraction of sp³-hybridized carbons (Fsp3) is 0.846. The van der Waals surface area contributed by atoms with Crippen LogP contribution in [0.3, 0.4) is 0 Å². The third-order valence-corrected chi connectivity index (χ3v) is 4.04. The van der Waals surface area contributed by atoms with Crippen molar-refractivity contribution in [3.8, 4) is 6.07 Å². The largest absolute Gasteiger partial charge is 0.354 e. The lowest BCUT2D eigenvalue weighted by molar-refractivity contribution is -0.124. The molecule has 2 aliphatic rings. The summed E-state index contributed by atoms with van der Waals surface area (Å²) in [6.07, 6.45) is 3.00. The van der Waals surface area contributed by atoms with Crippen molar-refractivity contribution in [1.29, 1.82) is 5.26 Å². The predicted octanol–water partition coefficient (Wildman–Crippen LogP) is 1.14. The summed E-state index contributed by atoms with van der Waals surface area (Å²) in [5.74, 6) is 0.410. The van der Waals surface area contributed by atoms with Crippen LogP contribution in [0.5, 0.6) is 0 Å². The molecule has 2 fully saturated rings. The molecule has 2 saturated heterocycles. The van der Waals surface area contributed by atoms with Crippen LogP contribution in [-0.4, -0.2) is 36.5 Å². The van der Waals surface area contributed by atoms with Crippen molar-refractivity contribution in [3.05, 3.63) is 0 Å². The number of hydrogen-bond donors (Lipinski definition) is 1. The Bertz CT molecular complexity index is 345. The van der Waals surface area contributed by atoms with Crippen LogP contribution in [-0.2, 0) is 4.79 Å². The molecular weight excluding hydrogens is 214 g/mol. The van der Waals surface area contributed by atoms with Crippen LogP contribution in [0, 0.1) is 22.7 Å². The fourth-order valence-electron chi connectivity index (χ4n) is 2.80. The zero-order valence-electron chi connectivity index (χ0n) is 10.7. The summed E-state index contributed by atoms with van der Waals surface area (Å²) in [6.45, 7) is 6.74. The number of hydrogen-bond acceptors (Lipinski definition) is 3. The van der Waals surface area contributed by atoms with Gasteiger partial charge in [-0.25, -0.2) is 0 Å². The van der Waals surface area contributed by atoms with Crippen LogP contribution in [0.15, 0.2) is 0 Å². The predicted molar refractivity (Wildman–Crippen MR) is 65.1 cm³/mol. The van der Waals surface area contributed by atoms with E-state index in [4.69, 9.17) is 5.26 Å². The van der Waals surface area contributed by atoms with E-state index in [9.17, 15) is 4.79 Å². The number of nitriles is 1. The van der Waals surface area contributed by atoms with Crippen LogP contribution < -0.4 is 5.32 Å². The van der Waals surface area contributed by atoms with Crippen molar-refractivity contribution >= 4 is 5.91 Å². The van der Waals surface area contributed by atoms with Gasteiger partial charge in [-0.2, -0.15) is 5.26 Å². The Kier molecular flexibility index (Phi) is 3.39. The first kappa shape index (κ1) is 12.4. The summed E-state index contributed by atoms with van der Waals surface area (Å²) in [6, 6.07) is 2.71. The second-order valence-electron chi connectivity index (χ2n) is 5.84. The molecule has 94 valence electrons. The first-order valence-electron chi connectivity index (χ1n) is 6.46. The Morgan fingerprint density at radius 1 is 1.59 bits per heavy atom. The van der Waals surface area contributed by atoms with Gasteiger partial charge in [0.15, 0.2) is 0 Å². The van der Waals surface area contributed by atoms with Crippen molar-refractivity contribution in [3.63, 3.8) is 0 Å². The highest BCUT2D eigenvalue weighted by molar-refractivity contribution is 5.82. The topological polar surface area (TPSA) is 56.1 Å². The second-order valence-corrected chi connectivity index (χ2v) is 5.84. The monoisotopic (exact) mass is 235 g/mol. The van der Waals surface area contributed by atoms with E-state index >= 15 is 0 Å². The minimum Gasteiger partial charge on any atom is -0.354 e. The number of carbonyl (C=O) groups is 1. The minimum absolute atomic E-state index is 0.189. The van der Waals surface area contributed by atoms with Crippen LogP contribution in [0.2, 0.25) is 0 Å². The molecule has 2 aliphatic heterocycles. The number of likely N-dealkylation sites (tertiary alicyclic amines) is 1. The molecule has 1 N–H and O–H groups in total. The molecule has 4 nitrogen and oxygen atoms in total. The second kappa shape index (κ2) is 4.66. The third kappa shape index (κ3) is 2.61. The van der Waals surface area contributed by atoms with Gasteiger partial charge in [-0.05, 0) is 39.7 Å². The standard InChI is InChI=1S/C13H21N3O/c1-13(2,9-14)5-7-16-6-3-4-10-11(16)8-15-12(10)17/h10-11H,3-8H2,1-2H3,(H,15,17). The van der Waals surface area contributed by atoms with E-state index in [2.05, 4.69) is 16.3 Å². The van der Waals surface area contributed by atoms with E-state index in [1.165, 1.54) is 0 Å². The maximum Gasteiger partial charge on any atom is 0.224 e. The first-order chi connectivity index (χ1) is 8.03. The molecule has 0 spiro atoms. The molecular formula is C13H21N3O. The van der Waals surface area contributed by atoms with Crippen LogP contribution in [0.25, 0.3) is 0 Å². The molecule has 2 heterocycles. The van der Waals surface area contributed by atoms with Crippen molar-refractivity contribution in [2.75, 3.05) is 19.6 Å². The van der Waals surface area contributed by atoms with Gasteiger partial charge in [0.25, 0.3) is 0 Å². The zero-order chi connectivity index (χ0) is 12.5. The molecule has 0 bridgehead atoms. The molecule has 0 aromatic carbocycles. The summed E-state index contributed by atoms with van der Waals surface area (Å²) < 4.78 is 0. The number of nitrogens with zero attached hydrogens (tertiary/aromatic N) is 2. The number of nitrogens with one attached hydrogen (secondary N) is 1. The lowest BCUT2D eigenvalue weighted by Gasteiger charge is -2.36. The van der Waals surface area contributed by atoms with Crippen molar-refractivity contribution in [2.45, 2.75) is 39.2 Å². The molecule has 2 rings (SSSR count). The number of amides is 1. The molecule has 4 heteroatoms. The summed E-state index contributed by atoms with van der Waals surface area (Å²) in [4.78, 5) is 14.0. The smallest absolute Gasteiger partial charge is 0.224 e. The first-order valence-corrected chi connectivity index (χ1v) is 6.46. The Morgan fingerprint density at radius 3 is 3.06 bits per heavy atom. The van der Waals surface area contributed by atoms with Crippen molar-refractivity contribution < 1.29 is 4.79 Å². The zero-order valence-corrected chi connectivity index (χ0v) is 10.7. The Labute approximate surface area is 103 Å². The quantitative estimate of drug-likeness (QED) is 0.798. The molecule has 0 aromatic rings. The van der Waals surface area contributed by atoms with E-state index in [1.54, 1.807) is 0 Å². The maximum absolute atomic E-state index is 11.6. The van der Waals surface area contributed by atoms with Gasteiger partial charge >= 0.3 is 0 Å². The van der Waals surface area contributed by atoms with Gasteiger partial charge in [0.1, 0.15) is 0 Å². The number of carbonyl (C=O) groups excluding carboxylic acids is 1. The van der Waals surface area contributed by atoms with E-state index in [1.807, 2.05) is 13.8 Å². The molecule has 2 unspecified atom stereocenters. The van der Waals surface area contributed by atoms with Gasteiger partial charge in [-0.1, -0.05) is 0 Å². The van der Waals surface area contributed by atoms with Gasteiger partial charge in [0, 0.05) is 19.1 Å². The average Bonchev–Trinajstić information content (AvgIpc) is 2.70. The molecule has 0 radical (unpaired) electrons. The van der Waals surface area contributed by atoms with E-state index in [0.29, 0.717) is 6.04 Å². The van der Waals surface area contributed by atoms with Gasteiger partial charge in [-0.15, -0.1) is 0 Å². The molecule has 1 amide bonds. The average molecular weight is 235 g/mol. The lowest BCUT2D eigenvalue weighted by atomic mass is 9.88. The van der Waals surface area contributed by atoms with Crippen LogP contribution in [0.4, 0.5) is 0 Å². The van der Waals surface area contributed by atoms with Crippen molar-refractivity contribution in [1.82, 2.24) is 10.2 Å². The normalized spacial score (nSPS) is 29.6. The fourth-order valence-corrected chi connectivity index (χ4v) is 2.80. The molecule has 2 atom stereocenters. The van der Waals surface area contributed by atoms with Gasteiger partial charge < -0.3 is 5.32 Å². The number of rotatable bonds is 3. The minimum atomic E-state index is -0.261. The SMILES string of the molecule is CC(C)(C#N)CCN1CCCC2C(=O)NCC21. The molecule has 0 aromatic heterocycles. The van der Waals surface area contributed by atoms with Gasteiger partial charge in [0.05, 0.1) is 17.4 Å². The van der Waals surface area contributed by atoms with E-state index < -0.39 is 0 Å². The lowest BCUT2D eigenvalue weighted by Crippen LogP contribution is -2.46. The summed E-state index contributed by atoms with van der Waals surface area (Å²) >= 11 is 0. The van der Waals surface area contributed by atoms with Gasteiger partial charge in [-0.3, -0.25) is 9.69 Å². The van der Waals surface area contributed by atoms with Gasteiger partial charge in [0.2, 0.25) is 5.91 Å². The van der Waals surface area contributed by atoms with Crippen LogP contribution >= 0.6 is 0 Å². The summed E-state index contributed by atoms with van der Waals surface area (Å²) in [7, 11) is 0. The highest BCUT2D eigenvalue weighted by atomic mass is 16.2. The third-order valence-electron chi connectivity index (χ3n) is 4.04. The van der Waals surface area contributed by atoms with Crippen molar-refractivity contribution in [2.24, 2.45) is 11.3 Å². The molecule has 0 saturated carbocycles. The summed E-state index contributed by atoms with van der Waals surface area (Å²) in [5, 5.41) is 12.0. The highest BCUT2D eigenvalue weighted by Gasteiger charge is 2.40. The Morgan fingerprint density at radius 2 is 2.35 bits per heavy atom. The maximum atomic E-state index is 11.6. The molecule has 0 aliphatic carbocycles. The van der Waals surface area contributed by atoms with E-state index in [0.717, 1.165) is 38.9 Å².